The number of likely N-dealkylation sites (tertiary alicyclic amines) is 1. The Kier molecular flexibility index (Phi) is 6.81. The fraction of sp³-hybridized carbons (Fsp3) is 0.206. The van der Waals surface area contributed by atoms with E-state index in [0.717, 1.165) is 34.1 Å². The van der Waals surface area contributed by atoms with Gasteiger partial charge in [-0.3, -0.25) is 14.5 Å². The maximum Gasteiger partial charge on any atom is 0.237 e. The third-order valence-corrected chi connectivity index (χ3v) is 8.12. The summed E-state index contributed by atoms with van der Waals surface area (Å²) in [5.41, 5.74) is 2.40. The minimum atomic E-state index is -1.12. The second-order valence-corrected chi connectivity index (χ2v) is 10.3. The van der Waals surface area contributed by atoms with Gasteiger partial charge in [0.15, 0.2) is 0 Å². The Hall–Kier alpha value is -4.31. The molecule has 2 amide bonds. The third kappa shape index (κ3) is 4.06. The zero-order valence-electron chi connectivity index (χ0n) is 21.7. The van der Waals surface area contributed by atoms with Crippen LogP contribution in [-0.2, 0) is 26.3 Å². The number of carbonyl (C=O) groups is 3. The largest absolute Gasteiger partial charge is 0.303 e. The molecule has 0 saturated carbocycles. The van der Waals surface area contributed by atoms with Crippen LogP contribution in [0.3, 0.4) is 0 Å². The summed E-state index contributed by atoms with van der Waals surface area (Å²) < 4.78 is 0. The molecule has 4 aromatic carbocycles. The molecule has 0 aromatic heterocycles. The summed E-state index contributed by atoms with van der Waals surface area (Å²) in [6.45, 7) is 3.92. The summed E-state index contributed by atoms with van der Waals surface area (Å²) in [7, 11) is 0. The van der Waals surface area contributed by atoms with Gasteiger partial charge >= 0.3 is 0 Å². The van der Waals surface area contributed by atoms with E-state index in [1.807, 2.05) is 129 Å². The first-order valence-corrected chi connectivity index (χ1v) is 13.0. The Balaban J connectivity index is 1.69. The highest BCUT2D eigenvalue weighted by Crippen LogP contribution is 2.52. The number of rotatable bonds is 8. The first kappa shape index (κ1) is 25.3. The smallest absolute Gasteiger partial charge is 0.237 e. The van der Waals surface area contributed by atoms with Crippen LogP contribution in [0.15, 0.2) is 115 Å². The molecule has 190 valence electrons. The van der Waals surface area contributed by atoms with Gasteiger partial charge in [0.1, 0.15) is 11.8 Å². The second kappa shape index (κ2) is 10.2. The molecule has 1 aliphatic rings. The van der Waals surface area contributed by atoms with Crippen LogP contribution in [0.25, 0.3) is 0 Å². The van der Waals surface area contributed by atoms with Gasteiger partial charge in [0.25, 0.3) is 0 Å². The van der Waals surface area contributed by atoms with Gasteiger partial charge in [0.2, 0.25) is 11.8 Å². The molecule has 1 aliphatic heterocycles. The van der Waals surface area contributed by atoms with Crippen LogP contribution >= 0.6 is 0 Å². The van der Waals surface area contributed by atoms with Gasteiger partial charge in [-0.2, -0.15) is 0 Å². The Labute approximate surface area is 223 Å². The number of benzene rings is 4. The Morgan fingerprint density at radius 3 is 1.63 bits per heavy atom. The maximum atomic E-state index is 14.6. The molecule has 1 fully saturated rings. The number of amides is 2. The lowest BCUT2D eigenvalue weighted by molar-refractivity contribution is -0.146. The Morgan fingerprint density at radius 1 is 0.763 bits per heavy atom. The minimum Gasteiger partial charge on any atom is -0.303 e. The van der Waals surface area contributed by atoms with E-state index in [0.29, 0.717) is 6.42 Å². The normalized spacial score (nSPS) is 18.4. The van der Waals surface area contributed by atoms with Crippen LogP contribution in [0.1, 0.15) is 54.0 Å². The SMILES string of the molecule is C[C@H](c1ccc(CC=O)cc1)[C@]1(C)CC(=O)N(C(c2ccccc2)(c2ccccc2)c2ccccc2)C1=O. The molecular formula is C34H31NO3. The molecule has 5 rings (SSSR count). The van der Waals surface area contributed by atoms with Crippen molar-refractivity contribution >= 4 is 18.1 Å². The van der Waals surface area contributed by atoms with Crippen molar-refractivity contribution in [2.45, 2.75) is 38.1 Å². The first-order valence-electron chi connectivity index (χ1n) is 13.0. The van der Waals surface area contributed by atoms with Crippen LogP contribution < -0.4 is 0 Å². The van der Waals surface area contributed by atoms with Gasteiger partial charge in [-0.25, -0.2) is 0 Å². The molecule has 38 heavy (non-hydrogen) atoms. The van der Waals surface area contributed by atoms with Crippen molar-refractivity contribution in [1.82, 2.24) is 4.90 Å². The summed E-state index contributed by atoms with van der Waals surface area (Å²) in [5.74, 6) is -0.601. The number of hydrogen-bond acceptors (Lipinski definition) is 3. The van der Waals surface area contributed by atoms with Crippen molar-refractivity contribution in [2.75, 3.05) is 0 Å². The lowest BCUT2D eigenvalue weighted by Gasteiger charge is -2.43. The molecule has 2 atom stereocenters. The third-order valence-electron chi connectivity index (χ3n) is 8.12. The first-order chi connectivity index (χ1) is 18.4. The Morgan fingerprint density at radius 2 is 1.21 bits per heavy atom. The molecule has 1 saturated heterocycles. The van der Waals surface area contributed by atoms with Crippen molar-refractivity contribution in [2.24, 2.45) is 5.41 Å². The zero-order chi connectivity index (χ0) is 26.8. The van der Waals surface area contributed by atoms with E-state index in [-0.39, 0.29) is 24.2 Å². The van der Waals surface area contributed by atoms with E-state index in [2.05, 4.69) is 0 Å². The average Bonchev–Trinajstić information content (AvgIpc) is 3.20. The van der Waals surface area contributed by atoms with E-state index in [4.69, 9.17) is 0 Å². The van der Waals surface area contributed by atoms with Crippen molar-refractivity contribution < 1.29 is 14.4 Å². The molecule has 0 spiro atoms. The minimum absolute atomic E-state index is 0.108. The van der Waals surface area contributed by atoms with Crippen LogP contribution in [0.4, 0.5) is 0 Å². The van der Waals surface area contributed by atoms with Crippen molar-refractivity contribution in [3.63, 3.8) is 0 Å². The molecule has 0 radical (unpaired) electrons. The standard InChI is InChI=1S/C34H31NO3/c1-25(27-20-18-26(19-21-27)22-23-36)33(2)24-31(37)35(32(33)38)34(28-12-6-3-7-13-28,29-14-8-4-9-15-29)30-16-10-5-11-17-30/h3-21,23,25H,22,24H2,1-2H3/t25-,33+/m1/s1. The number of aldehydes is 1. The quantitative estimate of drug-likeness (QED) is 0.162. The highest BCUT2D eigenvalue weighted by atomic mass is 16.2. The van der Waals surface area contributed by atoms with Crippen LogP contribution in [-0.4, -0.2) is 23.0 Å². The molecule has 4 heteroatoms. The van der Waals surface area contributed by atoms with Gasteiger partial charge in [-0.1, -0.05) is 122 Å². The van der Waals surface area contributed by atoms with Gasteiger partial charge in [-0.15, -0.1) is 0 Å². The monoisotopic (exact) mass is 501 g/mol. The molecule has 4 nitrogen and oxygen atoms in total. The van der Waals surface area contributed by atoms with Crippen molar-refractivity contribution in [3.8, 4) is 0 Å². The average molecular weight is 502 g/mol. The van der Waals surface area contributed by atoms with Crippen LogP contribution in [0.2, 0.25) is 0 Å². The Bertz CT molecular complexity index is 1340. The van der Waals surface area contributed by atoms with Gasteiger partial charge < -0.3 is 4.79 Å². The van der Waals surface area contributed by atoms with Crippen molar-refractivity contribution in [1.29, 1.82) is 0 Å². The summed E-state index contributed by atoms with van der Waals surface area (Å²) in [5, 5.41) is 0. The molecular weight excluding hydrogens is 470 g/mol. The predicted octanol–water partition coefficient (Wildman–Crippen LogP) is 6.29. The summed E-state index contributed by atoms with van der Waals surface area (Å²) in [4.78, 5) is 41.2. The van der Waals surface area contributed by atoms with Gasteiger partial charge in [-0.05, 0) is 40.7 Å². The molecule has 0 N–H and O–H groups in total. The van der Waals surface area contributed by atoms with E-state index < -0.39 is 11.0 Å². The lowest BCUT2D eigenvalue weighted by Crippen LogP contribution is -2.52. The number of carbonyl (C=O) groups excluding carboxylic acids is 3. The maximum absolute atomic E-state index is 14.6. The fourth-order valence-electron chi connectivity index (χ4n) is 5.85. The summed E-state index contributed by atoms with van der Waals surface area (Å²) in [6, 6.07) is 37.2. The topological polar surface area (TPSA) is 54.5 Å². The molecule has 0 unspecified atom stereocenters. The van der Waals surface area contributed by atoms with Gasteiger partial charge in [0.05, 0.1) is 5.41 Å². The second-order valence-electron chi connectivity index (χ2n) is 10.3. The highest BCUT2D eigenvalue weighted by Gasteiger charge is 2.59. The van der Waals surface area contributed by atoms with E-state index in [9.17, 15) is 14.4 Å². The fourth-order valence-corrected chi connectivity index (χ4v) is 5.85. The van der Waals surface area contributed by atoms with Gasteiger partial charge in [0, 0.05) is 12.8 Å². The molecule has 0 aliphatic carbocycles. The van der Waals surface area contributed by atoms with E-state index >= 15 is 0 Å². The van der Waals surface area contributed by atoms with E-state index in [1.165, 1.54) is 4.90 Å². The highest BCUT2D eigenvalue weighted by molar-refractivity contribution is 6.08. The molecule has 0 bridgehead atoms. The lowest BCUT2D eigenvalue weighted by atomic mass is 9.72. The van der Waals surface area contributed by atoms with E-state index in [1.54, 1.807) is 0 Å². The zero-order valence-corrected chi connectivity index (χ0v) is 21.7. The number of imide groups is 1. The predicted molar refractivity (Wildman–Crippen MR) is 148 cm³/mol. The van der Waals surface area contributed by atoms with Crippen molar-refractivity contribution in [3.05, 3.63) is 143 Å². The number of hydrogen-bond donors (Lipinski definition) is 0. The summed E-state index contributed by atoms with van der Waals surface area (Å²) >= 11 is 0. The van der Waals surface area contributed by atoms with Crippen LogP contribution in [0, 0.1) is 5.41 Å². The summed E-state index contributed by atoms with van der Waals surface area (Å²) in [6.07, 6.45) is 1.34. The molecule has 1 heterocycles. The molecule has 4 aromatic rings. The number of nitrogens with zero attached hydrogens (tertiary/aromatic N) is 1. The van der Waals surface area contributed by atoms with Crippen LogP contribution in [0.5, 0.6) is 0 Å².